The van der Waals surface area contributed by atoms with Crippen molar-refractivity contribution in [1.29, 1.82) is 5.41 Å². The summed E-state index contributed by atoms with van der Waals surface area (Å²) < 4.78 is 66.1. The largest absolute Gasteiger partial charge is 0.463 e. The number of amides is 1. The lowest BCUT2D eigenvalue weighted by Gasteiger charge is -2.38. The number of nitrogens with two attached hydrogens (primary N) is 1. The van der Waals surface area contributed by atoms with Gasteiger partial charge in [0.15, 0.2) is 5.82 Å². The maximum Gasteiger partial charge on any atom is 0.417 e. The van der Waals surface area contributed by atoms with Crippen molar-refractivity contribution >= 4 is 35.0 Å². The first-order valence-corrected chi connectivity index (χ1v) is 13.1. The molecular weight excluding hydrogens is 542 g/mol. The molecule has 1 saturated heterocycles. The minimum Gasteiger partial charge on any atom is -0.463 e. The molecule has 1 aliphatic rings. The monoisotopic (exact) mass is 575 g/mol. The average molecular weight is 576 g/mol. The Bertz CT molecular complexity index is 1460. The molecule has 1 aromatic heterocycles. The lowest BCUT2D eigenvalue weighted by molar-refractivity contribution is -0.137. The van der Waals surface area contributed by atoms with Gasteiger partial charge in [0.2, 0.25) is 6.41 Å². The Labute approximate surface area is 235 Å². The van der Waals surface area contributed by atoms with E-state index in [9.17, 15) is 18.0 Å². The van der Waals surface area contributed by atoms with Crippen molar-refractivity contribution in [3.63, 3.8) is 0 Å². The lowest BCUT2D eigenvalue weighted by atomic mass is 9.89. The van der Waals surface area contributed by atoms with E-state index >= 15 is 4.39 Å². The van der Waals surface area contributed by atoms with Gasteiger partial charge < -0.3 is 30.6 Å². The molecule has 0 aliphatic carbocycles. The number of nitrogens with one attached hydrogen (secondary N) is 1. The van der Waals surface area contributed by atoms with E-state index in [0.717, 1.165) is 18.7 Å². The summed E-state index contributed by atoms with van der Waals surface area (Å²) in [5.41, 5.74) is 3.88. The van der Waals surface area contributed by atoms with Crippen LogP contribution in [0.1, 0.15) is 30.0 Å². The van der Waals surface area contributed by atoms with E-state index in [1.165, 1.54) is 19.1 Å². The third-order valence-corrected chi connectivity index (χ3v) is 7.17. The molecule has 1 atom stereocenters. The van der Waals surface area contributed by atoms with Crippen LogP contribution in [0.25, 0.3) is 22.0 Å². The summed E-state index contributed by atoms with van der Waals surface area (Å²) in [6.07, 6.45) is -2.80. The number of aromatic nitrogens is 2. The highest BCUT2D eigenvalue weighted by atomic mass is 19.4. The molecule has 0 saturated carbocycles. The summed E-state index contributed by atoms with van der Waals surface area (Å²) in [6.45, 7) is 5.11. The molecule has 3 aromatic rings. The summed E-state index contributed by atoms with van der Waals surface area (Å²) >= 11 is 0. The number of aryl methyl sites for hydroxylation is 1. The lowest BCUT2D eigenvalue weighted by Crippen LogP contribution is -2.51. The smallest absolute Gasteiger partial charge is 0.417 e. The van der Waals surface area contributed by atoms with Gasteiger partial charge in [-0.05, 0) is 57.6 Å². The Hall–Kier alpha value is -4.00. The molecule has 2 heterocycles. The van der Waals surface area contributed by atoms with Gasteiger partial charge in [0.05, 0.1) is 12.2 Å². The third kappa shape index (κ3) is 6.04. The molecule has 41 heavy (non-hydrogen) atoms. The van der Waals surface area contributed by atoms with Crippen LogP contribution in [0.2, 0.25) is 0 Å². The first kappa shape index (κ1) is 30.0. The molecule has 1 amide bonds. The van der Waals surface area contributed by atoms with Gasteiger partial charge >= 0.3 is 12.2 Å². The van der Waals surface area contributed by atoms with E-state index in [-0.39, 0.29) is 65.3 Å². The number of anilines is 2. The van der Waals surface area contributed by atoms with Crippen molar-refractivity contribution in [1.82, 2.24) is 19.8 Å². The van der Waals surface area contributed by atoms with Crippen molar-refractivity contribution in [2.24, 2.45) is 0 Å². The average Bonchev–Trinajstić information content (AvgIpc) is 2.91. The van der Waals surface area contributed by atoms with Crippen LogP contribution in [-0.4, -0.2) is 85.3 Å². The Balaban J connectivity index is 2.00. The molecule has 0 radical (unpaired) electrons. The van der Waals surface area contributed by atoms with E-state index in [4.69, 9.17) is 15.9 Å². The fraction of sp³-hybridized carbons (Fsp3) is 0.429. The molecule has 3 N–H and O–H groups in total. The van der Waals surface area contributed by atoms with Crippen LogP contribution in [0, 0.1) is 18.2 Å². The number of carbonyl (C=O) groups is 1. The number of ether oxygens (including phenoxy) is 1. The number of carbonyl (C=O) groups excluding carboxylic acids is 1. The Morgan fingerprint density at radius 1 is 1.22 bits per heavy atom. The maximum atomic E-state index is 16.5. The Morgan fingerprint density at radius 2 is 1.95 bits per heavy atom. The maximum absolute atomic E-state index is 16.5. The molecule has 2 aromatic carbocycles. The summed E-state index contributed by atoms with van der Waals surface area (Å²) in [6, 6.07) is 3.38. The molecule has 1 unspecified atom stereocenters. The first-order valence-electron chi connectivity index (χ1n) is 13.1. The topological polar surface area (TPSA) is 112 Å². The quantitative estimate of drug-likeness (QED) is 0.128. The van der Waals surface area contributed by atoms with Gasteiger partial charge in [-0.3, -0.25) is 4.79 Å². The summed E-state index contributed by atoms with van der Waals surface area (Å²) in [5, 5.41) is 7.68. The minimum absolute atomic E-state index is 0.0259. The van der Waals surface area contributed by atoms with Gasteiger partial charge in [0.25, 0.3) is 0 Å². The second-order valence-corrected chi connectivity index (χ2v) is 10.4. The van der Waals surface area contributed by atoms with Crippen LogP contribution in [0.5, 0.6) is 6.01 Å². The van der Waals surface area contributed by atoms with Crippen molar-refractivity contribution in [3.05, 3.63) is 40.7 Å². The zero-order valence-electron chi connectivity index (χ0n) is 23.3. The highest BCUT2D eigenvalue weighted by molar-refractivity contribution is 6.01. The molecule has 0 spiro atoms. The number of hydrogen-bond donors (Lipinski definition) is 2. The predicted octanol–water partition coefficient (Wildman–Crippen LogP) is 4.34. The molecule has 1 aliphatic heterocycles. The highest BCUT2D eigenvalue weighted by Crippen LogP contribution is 2.45. The van der Waals surface area contributed by atoms with E-state index in [0.29, 0.717) is 25.1 Å². The van der Waals surface area contributed by atoms with Crippen LogP contribution in [-0.2, 0) is 11.0 Å². The fourth-order valence-electron chi connectivity index (χ4n) is 5.06. The molecule has 220 valence electrons. The number of alkyl halides is 3. The number of rotatable bonds is 9. The number of piperazine rings is 1. The highest BCUT2D eigenvalue weighted by Gasteiger charge is 2.39. The second kappa shape index (κ2) is 11.9. The SMILES string of the molecule is Cc1ccc(N)c(C=N)c1-c1c(C(F)(F)F)cc2c(N3CCN(C=O)C(C)C3)nc(OCCCN(C)C)nc2c1F. The van der Waals surface area contributed by atoms with Crippen LogP contribution in [0.3, 0.4) is 0 Å². The van der Waals surface area contributed by atoms with Crippen LogP contribution in [0.15, 0.2) is 18.2 Å². The number of nitrogen functional groups attached to an aromatic ring is 1. The third-order valence-electron chi connectivity index (χ3n) is 7.17. The Kier molecular flexibility index (Phi) is 8.66. The van der Waals surface area contributed by atoms with Gasteiger partial charge in [-0.2, -0.15) is 23.1 Å². The molecule has 13 heteroatoms. The first-order chi connectivity index (χ1) is 19.4. The van der Waals surface area contributed by atoms with Crippen LogP contribution >= 0.6 is 0 Å². The van der Waals surface area contributed by atoms with Gasteiger partial charge in [-0.25, -0.2) is 4.39 Å². The number of nitrogens with zero attached hydrogens (tertiary/aromatic N) is 5. The summed E-state index contributed by atoms with van der Waals surface area (Å²) in [4.78, 5) is 25.4. The summed E-state index contributed by atoms with van der Waals surface area (Å²) in [7, 11) is 3.81. The van der Waals surface area contributed by atoms with Crippen LogP contribution < -0.4 is 15.4 Å². The van der Waals surface area contributed by atoms with Gasteiger partial charge in [0, 0.05) is 60.6 Å². The van der Waals surface area contributed by atoms with Crippen LogP contribution in [0.4, 0.5) is 29.1 Å². The van der Waals surface area contributed by atoms with Gasteiger partial charge in [-0.1, -0.05) is 6.07 Å². The molecule has 1 fully saturated rings. The van der Waals surface area contributed by atoms with Gasteiger partial charge in [-0.15, -0.1) is 0 Å². The predicted molar refractivity (Wildman–Crippen MR) is 150 cm³/mol. The van der Waals surface area contributed by atoms with Crippen molar-refractivity contribution in [3.8, 4) is 17.1 Å². The van der Waals surface area contributed by atoms with Crippen molar-refractivity contribution < 1.29 is 27.1 Å². The molecule has 9 nitrogen and oxygen atoms in total. The molecule has 0 bridgehead atoms. The zero-order chi connectivity index (χ0) is 30.1. The number of benzene rings is 2. The minimum atomic E-state index is -4.96. The number of halogens is 4. The van der Waals surface area contributed by atoms with E-state index in [1.807, 2.05) is 25.9 Å². The van der Waals surface area contributed by atoms with Crippen molar-refractivity contribution in [2.75, 3.05) is 57.5 Å². The number of hydrogen-bond acceptors (Lipinski definition) is 8. The zero-order valence-corrected chi connectivity index (χ0v) is 23.3. The number of fused-ring (bicyclic) bond motifs is 1. The summed E-state index contributed by atoms with van der Waals surface area (Å²) in [5.74, 6) is -1.13. The molecule has 4 rings (SSSR count). The van der Waals surface area contributed by atoms with E-state index < -0.39 is 23.1 Å². The second-order valence-electron chi connectivity index (χ2n) is 10.4. The van der Waals surface area contributed by atoms with E-state index in [2.05, 4.69) is 9.97 Å². The van der Waals surface area contributed by atoms with Gasteiger partial charge in [0.1, 0.15) is 11.3 Å². The Morgan fingerprint density at radius 3 is 2.56 bits per heavy atom. The van der Waals surface area contributed by atoms with E-state index in [1.54, 1.807) is 9.80 Å². The normalized spacial score (nSPS) is 16.0. The molecular formula is C28H33F4N7O2. The fourth-order valence-corrected chi connectivity index (χ4v) is 5.06. The van der Waals surface area contributed by atoms with Crippen molar-refractivity contribution in [2.45, 2.75) is 32.5 Å². The standard InChI is InChI=1S/C28H33F4N7O2/c1-16-6-7-21(34)19(13-33)22(16)23-20(28(30,31)32)12-18-25(24(23)29)35-27(41-11-5-8-37(3)4)36-26(18)38-9-10-39(15-40)17(2)14-38/h6-7,12-13,15,17,33H,5,8-11,14,34H2,1-4H3.